The lowest BCUT2D eigenvalue weighted by Gasteiger charge is -2.11. The number of benzene rings is 2. The Kier molecular flexibility index (Phi) is 6.11. The van der Waals surface area contributed by atoms with Crippen LogP contribution in [0.2, 0.25) is 10.0 Å². The summed E-state index contributed by atoms with van der Waals surface area (Å²) >= 11 is 17.8. The molecule has 0 spiro atoms. The van der Waals surface area contributed by atoms with Crippen LogP contribution in [-0.4, -0.2) is 32.4 Å². The van der Waals surface area contributed by atoms with Crippen LogP contribution in [0.5, 0.6) is 0 Å². The first-order chi connectivity index (χ1) is 12.5. The number of nitrogens with zero attached hydrogens (tertiary/aromatic N) is 2. The molecule has 0 atom stereocenters. The van der Waals surface area contributed by atoms with Gasteiger partial charge >= 0.3 is 22.6 Å². The van der Waals surface area contributed by atoms with Crippen molar-refractivity contribution in [2.45, 2.75) is 13.3 Å². The van der Waals surface area contributed by atoms with Crippen molar-refractivity contribution in [3.8, 4) is 16.9 Å². The molecule has 0 aliphatic rings. The fourth-order valence-electron chi connectivity index (χ4n) is 2.74. The number of carbonyl (C=O) groups excluding carboxylic acids is 1. The molecule has 1 aromatic heterocycles. The van der Waals surface area contributed by atoms with Crippen molar-refractivity contribution in [1.29, 1.82) is 0 Å². The minimum absolute atomic E-state index is 0.256. The molecule has 3 aromatic rings. The molecule has 0 unspecified atom stereocenters. The van der Waals surface area contributed by atoms with E-state index >= 15 is 0 Å². The van der Waals surface area contributed by atoms with E-state index in [1.54, 1.807) is 22.9 Å². The van der Waals surface area contributed by atoms with Gasteiger partial charge in [-0.15, -0.1) is 0 Å². The first-order valence-corrected chi connectivity index (χ1v) is 9.72. The highest BCUT2D eigenvalue weighted by Gasteiger charge is 2.24. The average molecular weight is 466 g/mol. The molecule has 1 heterocycles. The minimum atomic E-state index is -0.519. The predicted molar refractivity (Wildman–Crippen MR) is 107 cm³/mol. The summed E-state index contributed by atoms with van der Waals surface area (Å²) in [5.74, 6) is -0.519. The largest absolute Gasteiger partial charge is 0.623 e. The summed E-state index contributed by atoms with van der Waals surface area (Å²) in [4.78, 5) is 12.2. The fraction of sp³-hybridized carbons (Fsp3) is 0.111. The molecule has 26 heavy (non-hydrogen) atoms. The molecule has 0 saturated carbocycles. The highest BCUT2D eigenvalue weighted by Crippen LogP contribution is 2.34. The van der Waals surface area contributed by atoms with Gasteiger partial charge in [-0.3, -0.25) is 0 Å². The number of aromatic nitrogens is 2. The second kappa shape index (κ2) is 8.16. The molecule has 0 aliphatic carbocycles. The molecule has 8 heteroatoms. The smallest absolute Gasteiger partial charge is 0.485 e. The molecule has 0 bridgehead atoms. The highest BCUT2D eigenvalue weighted by atomic mass is 79.9. The van der Waals surface area contributed by atoms with Crippen molar-refractivity contribution < 1.29 is 8.58 Å². The number of hydrogen-bond acceptors (Lipinski definition) is 3. The van der Waals surface area contributed by atoms with Gasteiger partial charge in [0.15, 0.2) is 5.69 Å². The second-order valence-corrected chi connectivity index (χ2v) is 7.44. The fourth-order valence-corrected chi connectivity index (χ4v) is 3.60. The van der Waals surface area contributed by atoms with E-state index in [9.17, 15) is 4.79 Å². The first kappa shape index (κ1) is 19.5. The topological polar surface area (TPSA) is 44.1 Å². The van der Waals surface area contributed by atoms with Crippen LogP contribution < -0.4 is 0 Å². The van der Waals surface area contributed by atoms with E-state index in [1.807, 2.05) is 47.8 Å². The Morgan fingerprint density at radius 2 is 1.92 bits per heavy atom. The molecule has 2 radical (unpaired) electrons. The van der Waals surface area contributed by atoms with Crippen LogP contribution in [0, 0.1) is 0 Å². The standard InChI is InChI=1S/C18H13BrCl2N2O2.Al/c1-2-13-16(18(24)25)22-23(15-8-7-12(20)9-14(15)21)17(13)10-3-5-11(19)6-4-10;/h3-9H,2H2,1H3,(H,24,25);/q;+1/p-1. The Balaban J connectivity index is 2.33. The third-order valence-corrected chi connectivity index (χ3v) is 5.17. The van der Waals surface area contributed by atoms with Gasteiger partial charge in [0.05, 0.1) is 16.4 Å². The zero-order valence-corrected chi connectivity index (χ0v) is 17.9. The summed E-state index contributed by atoms with van der Waals surface area (Å²) in [7, 11) is 0. The van der Waals surface area contributed by atoms with E-state index in [0.717, 1.165) is 21.3 Å². The molecule has 3 rings (SSSR count). The SMILES string of the molecule is CCc1c(C(=O)[O][Al])nn(-c2ccc(Cl)cc2Cl)c1-c1ccc(Br)cc1. The Labute approximate surface area is 177 Å². The Morgan fingerprint density at radius 1 is 1.23 bits per heavy atom. The van der Waals surface area contributed by atoms with Gasteiger partial charge < -0.3 is 3.79 Å². The molecular formula is C18H12AlBrCl2N2O2. The van der Waals surface area contributed by atoms with Crippen molar-refractivity contribution in [3.05, 3.63) is 68.2 Å². The predicted octanol–water partition coefficient (Wildman–Crippen LogP) is 5.41. The zero-order valence-electron chi connectivity index (χ0n) is 13.7. The van der Waals surface area contributed by atoms with Crippen LogP contribution in [0.4, 0.5) is 0 Å². The number of rotatable bonds is 4. The van der Waals surface area contributed by atoms with E-state index in [1.165, 1.54) is 0 Å². The van der Waals surface area contributed by atoms with E-state index in [0.29, 0.717) is 22.2 Å². The molecule has 4 nitrogen and oxygen atoms in total. The zero-order chi connectivity index (χ0) is 18.8. The quantitative estimate of drug-likeness (QED) is 0.484. The van der Waals surface area contributed by atoms with E-state index in [2.05, 4.69) is 21.0 Å². The lowest BCUT2D eigenvalue weighted by molar-refractivity contribution is 0.0742. The van der Waals surface area contributed by atoms with Crippen LogP contribution in [0.25, 0.3) is 16.9 Å². The molecule has 2 aromatic carbocycles. The molecule has 0 amide bonds. The maximum atomic E-state index is 12.2. The summed E-state index contributed by atoms with van der Waals surface area (Å²) in [5.41, 5.74) is 3.37. The maximum absolute atomic E-state index is 12.2. The lowest BCUT2D eigenvalue weighted by atomic mass is 10.0. The van der Waals surface area contributed by atoms with E-state index in [-0.39, 0.29) is 5.69 Å². The van der Waals surface area contributed by atoms with Gasteiger partial charge in [-0.1, -0.05) is 58.2 Å². The summed E-state index contributed by atoms with van der Waals surface area (Å²) in [6.07, 6.45) is 0.603. The van der Waals surface area contributed by atoms with Crippen LogP contribution in [-0.2, 0) is 10.2 Å². The Bertz CT molecular complexity index is 974. The third-order valence-electron chi connectivity index (χ3n) is 3.89. The summed E-state index contributed by atoms with van der Waals surface area (Å²) in [6, 6.07) is 12.9. The Morgan fingerprint density at radius 3 is 2.50 bits per heavy atom. The maximum Gasteiger partial charge on any atom is 0.485 e. The van der Waals surface area contributed by atoms with Crippen LogP contribution in [0.15, 0.2) is 46.9 Å². The van der Waals surface area contributed by atoms with Gasteiger partial charge in [-0.05, 0) is 36.8 Å². The first-order valence-electron chi connectivity index (χ1n) is 7.70. The average Bonchev–Trinajstić information content (AvgIpc) is 3.01. The van der Waals surface area contributed by atoms with Crippen molar-refractivity contribution in [2.24, 2.45) is 0 Å². The highest BCUT2D eigenvalue weighted by molar-refractivity contribution is 9.10. The van der Waals surface area contributed by atoms with Gasteiger partial charge in [0.2, 0.25) is 0 Å². The molecule has 130 valence electrons. The van der Waals surface area contributed by atoms with E-state index in [4.69, 9.17) is 27.0 Å². The molecule has 0 aliphatic heterocycles. The van der Waals surface area contributed by atoms with Crippen LogP contribution in [0.3, 0.4) is 0 Å². The molecular weight excluding hydrogens is 454 g/mol. The summed E-state index contributed by atoms with van der Waals surface area (Å²) in [6.45, 7) is 1.97. The normalized spacial score (nSPS) is 10.8. The summed E-state index contributed by atoms with van der Waals surface area (Å²) < 4.78 is 7.45. The van der Waals surface area contributed by atoms with Gasteiger partial charge in [-0.2, -0.15) is 5.10 Å². The minimum Gasteiger partial charge on any atom is -0.623 e. The van der Waals surface area contributed by atoms with Crippen molar-refractivity contribution >= 4 is 61.7 Å². The second-order valence-electron chi connectivity index (χ2n) is 5.45. The van der Waals surface area contributed by atoms with Gasteiger partial charge in [0, 0.05) is 20.6 Å². The molecule has 0 fully saturated rings. The third kappa shape index (κ3) is 3.71. The van der Waals surface area contributed by atoms with Gasteiger partial charge in [0.1, 0.15) is 0 Å². The van der Waals surface area contributed by atoms with Crippen LogP contribution in [0.1, 0.15) is 23.0 Å². The van der Waals surface area contributed by atoms with Gasteiger partial charge in [-0.25, -0.2) is 9.48 Å². The monoisotopic (exact) mass is 464 g/mol. The lowest BCUT2D eigenvalue weighted by Crippen LogP contribution is -2.06. The number of carbonyl (C=O) groups is 1. The van der Waals surface area contributed by atoms with Crippen molar-refractivity contribution in [2.75, 3.05) is 0 Å². The van der Waals surface area contributed by atoms with E-state index < -0.39 is 5.97 Å². The van der Waals surface area contributed by atoms with Crippen molar-refractivity contribution in [3.63, 3.8) is 0 Å². The number of halogens is 3. The van der Waals surface area contributed by atoms with Crippen molar-refractivity contribution in [1.82, 2.24) is 9.78 Å². The molecule has 0 saturated heterocycles. The number of hydrogen-bond donors (Lipinski definition) is 0. The summed E-state index contributed by atoms with van der Waals surface area (Å²) in [5, 5.41) is 5.46. The Hall–Kier alpha value is -1.29. The van der Waals surface area contributed by atoms with Gasteiger partial charge in [0.25, 0.3) is 0 Å². The van der Waals surface area contributed by atoms with Crippen LogP contribution >= 0.6 is 39.1 Å². The molecule has 0 N–H and O–H groups in total.